The number of esters is 1. The number of hydrogen-bond acceptors (Lipinski definition) is 5. The Balaban J connectivity index is 1.93. The van der Waals surface area contributed by atoms with Crippen molar-refractivity contribution in [1.82, 2.24) is 0 Å². The first-order valence-electron chi connectivity index (χ1n) is 9.29. The van der Waals surface area contributed by atoms with Crippen molar-refractivity contribution >= 4 is 51.5 Å². The summed E-state index contributed by atoms with van der Waals surface area (Å²) in [6.07, 6.45) is 5.69. The number of anilines is 1. The Bertz CT molecular complexity index is 648. The van der Waals surface area contributed by atoms with Crippen LogP contribution < -0.4 is 4.90 Å². The number of amides is 1. The molecule has 5 nitrogen and oxygen atoms in total. The van der Waals surface area contributed by atoms with Crippen LogP contribution in [0.3, 0.4) is 0 Å². The van der Waals surface area contributed by atoms with Crippen LogP contribution >= 0.6 is 33.9 Å². The summed E-state index contributed by atoms with van der Waals surface area (Å²) >= 11 is 3.60. The molecular formula is C19H26INO4S. The predicted molar refractivity (Wildman–Crippen MR) is 111 cm³/mol. The molecule has 0 aromatic carbocycles. The smallest absolute Gasteiger partial charge is 0.350 e. The molecule has 144 valence electrons. The maximum atomic E-state index is 13.5. The van der Waals surface area contributed by atoms with Crippen molar-refractivity contribution in [2.24, 2.45) is 11.8 Å². The highest BCUT2D eigenvalue weighted by Crippen LogP contribution is 2.38. The highest BCUT2D eigenvalue weighted by atomic mass is 127. The Kier molecular flexibility index (Phi) is 6.96. The quantitative estimate of drug-likeness (QED) is 0.461. The zero-order valence-electron chi connectivity index (χ0n) is 15.3. The average Bonchev–Trinajstić information content (AvgIpc) is 3.04. The second-order valence-corrected chi connectivity index (χ2v) is 10.2. The van der Waals surface area contributed by atoms with Gasteiger partial charge in [-0.25, -0.2) is 4.79 Å². The Hall–Kier alpha value is -0.670. The summed E-state index contributed by atoms with van der Waals surface area (Å²) in [5.41, 5.74) is 0.724. The van der Waals surface area contributed by atoms with Gasteiger partial charge in [0.25, 0.3) is 0 Å². The van der Waals surface area contributed by atoms with Crippen molar-refractivity contribution < 1.29 is 19.1 Å². The van der Waals surface area contributed by atoms with Crippen LogP contribution in [-0.2, 0) is 14.3 Å². The highest BCUT2D eigenvalue weighted by molar-refractivity contribution is 14.1. The first-order valence-corrected chi connectivity index (χ1v) is 11.2. The van der Waals surface area contributed by atoms with Gasteiger partial charge < -0.3 is 14.4 Å². The Morgan fingerprint density at radius 1 is 1.19 bits per heavy atom. The van der Waals surface area contributed by atoms with Crippen molar-refractivity contribution in [2.45, 2.75) is 51.5 Å². The summed E-state index contributed by atoms with van der Waals surface area (Å²) in [4.78, 5) is 28.3. The van der Waals surface area contributed by atoms with Gasteiger partial charge in [0.1, 0.15) is 4.88 Å². The molecule has 0 bridgehead atoms. The Labute approximate surface area is 172 Å². The van der Waals surface area contributed by atoms with Crippen molar-refractivity contribution in [3.05, 3.63) is 13.8 Å². The van der Waals surface area contributed by atoms with Gasteiger partial charge >= 0.3 is 5.97 Å². The monoisotopic (exact) mass is 491 g/mol. The minimum atomic E-state index is -0.366. The number of ether oxygens (including phenoxy) is 2. The maximum absolute atomic E-state index is 13.5. The zero-order valence-corrected chi connectivity index (χ0v) is 18.3. The van der Waals surface area contributed by atoms with Gasteiger partial charge in [-0.3, -0.25) is 4.79 Å². The summed E-state index contributed by atoms with van der Waals surface area (Å²) in [5, 5.41) is 0. The van der Waals surface area contributed by atoms with Crippen molar-refractivity contribution in [3.63, 3.8) is 0 Å². The third-order valence-electron chi connectivity index (χ3n) is 5.47. The molecule has 0 atom stereocenters. The van der Waals surface area contributed by atoms with E-state index in [9.17, 15) is 9.59 Å². The van der Waals surface area contributed by atoms with E-state index in [1.807, 2.05) is 11.0 Å². The number of halogens is 1. The topological polar surface area (TPSA) is 55.8 Å². The van der Waals surface area contributed by atoms with Crippen molar-refractivity contribution in [3.8, 4) is 0 Å². The molecule has 3 rings (SSSR count). The third-order valence-corrected chi connectivity index (χ3v) is 7.34. The summed E-state index contributed by atoms with van der Waals surface area (Å²) < 4.78 is 11.5. The molecule has 2 fully saturated rings. The van der Waals surface area contributed by atoms with Crippen molar-refractivity contribution in [1.29, 1.82) is 0 Å². The fraction of sp³-hybridized carbons (Fsp3) is 0.684. The van der Waals surface area contributed by atoms with Gasteiger partial charge in [0, 0.05) is 25.2 Å². The van der Waals surface area contributed by atoms with Crippen LogP contribution in [0.1, 0.15) is 55.1 Å². The number of hydrogen-bond donors (Lipinski definition) is 0. The molecule has 2 aliphatic rings. The summed E-state index contributed by atoms with van der Waals surface area (Å²) in [6.45, 7) is 3.57. The second-order valence-electron chi connectivity index (χ2n) is 7.27. The zero-order chi connectivity index (χ0) is 18.7. The molecule has 7 heteroatoms. The van der Waals surface area contributed by atoms with Crippen LogP contribution in [0.2, 0.25) is 0 Å². The van der Waals surface area contributed by atoms with Gasteiger partial charge in [0.15, 0.2) is 0 Å². The summed E-state index contributed by atoms with van der Waals surface area (Å²) in [5.74, 6) is 0.554. The fourth-order valence-corrected chi connectivity index (χ4v) is 5.66. The molecule has 1 saturated heterocycles. The molecule has 0 unspecified atom stereocenters. The minimum absolute atomic E-state index is 0.0529. The molecule has 1 amide bonds. The molecule has 0 N–H and O–H groups in total. The van der Waals surface area contributed by atoms with Gasteiger partial charge in [0.2, 0.25) is 5.91 Å². The van der Waals surface area contributed by atoms with Gasteiger partial charge in [0.05, 0.1) is 15.7 Å². The summed E-state index contributed by atoms with van der Waals surface area (Å²) in [6, 6.07) is 2.04. The van der Waals surface area contributed by atoms with Gasteiger partial charge in [-0.05, 0) is 73.1 Å². The lowest BCUT2D eigenvalue weighted by Crippen LogP contribution is -2.47. The Morgan fingerprint density at radius 3 is 2.46 bits per heavy atom. The second kappa shape index (κ2) is 9.01. The number of rotatable bonds is 4. The maximum Gasteiger partial charge on any atom is 0.350 e. The largest absolute Gasteiger partial charge is 0.465 e. The van der Waals surface area contributed by atoms with E-state index in [4.69, 9.17) is 9.47 Å². The van der Waals surface area contributed by atoms with Crippen LogP contribution in [0, 0.1) is 14.7 Å². The van der Waals surface area contributed by atoms with E-state index in [0.717, 1.165) is 47.1 Å². The standard InChI is InChI=1S/C19H26INO4S/c1-12-3-5-13(6-4-12)18(22)21(14-7-9-25-10-8-14)15-11-16(20)26-17(15)19(23)24-2/h11-14H,3-10H2,1-2H3/t12-,13-. The van der Waals surface area contributed by atoms with Gasteiger partial charge in [-0.15, -0.1) is 11.3 Å². The number of thiophene rings is 1. The van der Waals surface area contributed by atoms with E-state index in [0.29, 0.717) is 24.0 Å². The van der Waals surface area contributed by atoms with Crippen LogP contribution in [0.5, 0.6) is 0 Å². The molecule has 1 aromatic heterocycles. The lowest BCUT2D eigenvalue weighted by molar-refractivity contribution is -0.124. The molecule has 0 radical (unpaired) electrons. The number of carbonyl (C=O) groups excluding carboxylic acids is 2. The first-order chi connectivity index (χ1) is 12.5. The highest BCUT2D eigenvalue weighted by Gasteiger charge is 2.36. The van der Waals surface area contributed by atoms with Crippen LogP contribution in [0.4, 0.5) is 5.69 Å². The average molecular weight is 491 g/mol. The van der Waals surface area contributed by atoms with Gasteiger partial charge in [-0.2, -0.15) is 0 Å². The number of carbonyl (C=O) groups is 2. The van der Waals surface area contributed by atoms with Crippen LogP contribution in [-0.4, -0.2) is 38.2 Å². The molecule has 0 spiro atoms. The van der Waals surface area contributed by atoms with E-state index in [2.05, 4.69) is 29.5 Å². The SMILES string of the molecule is COC(=O)c1sc(I)cc1N(C(=O)[C@H]1CC[C@H](C)CC1)C1CCOCC1. The normalized spacial score (nSPS) is 24.3. The van der Waals surface area contributed by atoms with E-state index in [1.54, 1.807) is 0 Å². The van der Waals surface area contributed by atoms with E-state index in [-0.39, 0.29) is 23.8 Å². The molecule has 26 heavy (non-hydrogen) atoms. The third kappa shape index (κ3) is 4.42. The lowest BCUT2D eigenvalue weighted by Gasteiger charge is -2.37. The number of methoxy groups -OCH3 is 1. The summed E-state index contributed by atoms with van der Waals surface area (Å²) in [7, 11) is 1.39. The fourth-order valence-electron chi connectivity index (χ4n) is 3.91. The van der Waals surface area contributed by atoms with Crippen LogP contribution in [0.25, 0.3) is 0 Å². The minimum Gasteiger partial charge on any atom is -0.465 e. The molecule has 1 saturated carbocycles. The lowest BCUT2D eigenvalue weighted by atomic mass is 9.82. The van der Waals surface area contributed by atoms with Crippen molar-refractivity contribution in [2.75, 3.05) is 25.2 Å². The predicted octanol–water partition coefficient (Wildman–Crippen LogP) is 4.48. The molecule has 2 heterocycles. The molecule has 1 aromatic rings. The van der Waals surface area contributed by atoms with Gasteiger partial charge in [-0.1, -0.05) is 6.92 Å². The molecule has 1 aliphatic heterocycles. The van der Waals surface area contributed by atoms with E-state index < -0.39 is 0 Å². The molecule has 1 aliphatic carbocycles. The Morgan fingerprint density at radius 2 is 1.85 bits per heavy atom. The van der Waals surface area contributed by atoms with Crippen LogP contribution in [0.15, 0.2) is 6.07 Å². The van der Waals surface area contributed by atoms with E-state index in [1.165, 1.54) is 18.4 Å². The number of nitrogens with zero attached hydrogens (tertiary/aromatic N) is 1. The molecular weight excluding hydrogens is 465 g/mol. The first kappa shape index (κ1) is 20.1. The van der Waals surface area contributed by atoms with E-state index >= 15 is 0 Å².